The van der Waals surface area contributed by atoms with E-state index >= 15 is 0 Å². The van der Waals surface area contributed by atoms with Crippen LogP contribution in [0.15, 0.2) is 54.6 Å². The zero-order valence-corrected chi connectivity index (χ0v) is 21.3. The minimum absolute atomic E-state index is 0.0343. The van der Waals surface area contributed by atoms with Crippen LogP contribution >= 0.6 is 0 Å². The van der Waals surface area contributed by atoms with Gasteiger partial charge in [-0.25, -0.2) is 18.4 Å². The molecular formula is C28H26F2N2O6. The Morgan fingerprint density at radius 2 is 1.53 bits per heavy atom. The van der Waals surface area contributed by atoms with Gasteiger partial charge in [0, 0.05) is 12.6 Å². The first kappa shape index (κ1) is 27.9. The summed E-state index contributed by atoms with van der Waals surface area (Å²) >= 11 is 0. The van der Waals surface area contributed by atoms with Crippen LogP contribution in [0.2, 0.25) is 0 Å². The fourth-order valence-corrected chi connectivity index (χ4v) is 3.17. The minimum atomic E-state index is -1.03. The molecule has 0 saturated heterocycles. The van der Waals surface area contributed by atoms with Crippen LogP contribution in [0, 0.1) is 23.0 Å². The molecule has 0 radical (unpaired) electrons. The third-order valence-electron chi connectivity index (χ3n) is 4.72. The average molecular weight is 525 g/mol. The Hall–Kier alpha value is -4.65. The second-order valence-corrected chi connectivity index (χ2v) is 9.00. The molecule has 198 valence electrons. The van der Waals surface area contributed by atoms with Crippen LogP contribution in [0.1, 0.15) is 49.2 Å². The summed E-state index contributed by atoms with van der Waals surface area (Å²) < 4.78 is 51.0. The number of hydrogen-bond donors (Lipinski definition) is 1. The van der Waals surface area contributed by atoms with Crippen molar-refractivity contribution < 1.29 is 37.3 Å². The Morgan fingerprint density at radius 3 is 2.08 bits per heavy atom. The fraction of sp³-hybridized carbons (Fsp3) is 0.250. The van der Waals surface area contributed by atoms with E-state index in [2.05, 4.69) is 5.32 Å². The molecule has 38 heavy (non-hydrogen) atoms. The Kier molecular flexibility index (Phi) is 8.86. The number of amides is 1. The number of alkyl carbamates (subject to hydrolysis) is 1. The van der Waals surface area contributed by atoms with Crippen LogP contribution in [-0.4, -0.2) is 24.3 Å². The number of nitrogens with one attached hydrogen (secondary N) is 1. The van der Waals surface area contributed by atoms with Crippen molar-refractivity contribution in [2.75, 3.05) is 6.61 Å². The Labute approximate surface area is 218 Å². The zero-order valence-electron chi connectivity index (χ0n) is 21.3. The molecule has 0 aliphatic carbocycles. The second kappa shape index (κ2) is 12.1. The van der Waals surface area contributed by atoms with Gasteiger partial charge in [-0.3, -0.25) is 0 Å². The van der Waals surface area contributed by atoms with E-state index in [1.54, 1.807) is 52.0 Å². The van der Waals surface area contributed by atoms with E-state index < -0.39 is 35.0 Å². The second-order valence-electron chi connectivity index (χ2n) is 9.00. The van der Waals surface area contributed by atoms with E-state index in [0.717, 1.165) is 12.1 Å². The third kappa shape index (κ3) is 7.93. The van der Waals surface area contributed by atoms with E-state index in [9.17, 15) is 18.4 Å². The molecular weight excluding hydrogens is 498 g/mol. The lowest BCUT2D eigenvalue weighted by atomic mass is 10.1. The fourth-order valence-electron chi connectivity index (χ4n) is 3.17. The molecule has 8 nitrogen and oxygen atoms in total. The van der Waals surface area contributed by atoms with Crippen molar-refractivity contribution in [3.63, 3.8) is 0 Å². The highest BCUT2D eigenvalue weighted by Gasteiger charge is 2.19. The molecule has 3 aromatic carbocycles. The molecule has 0 aromatic heterocycles. The van der Waals surface area contributed by atoms with Gasteiger partial charge in [0.2, 0.25) is 0 Å². The van der Waals surface area contributed by atoms with Crippen LogP contribution in [0.5, 0.6) is 23.0 Å². The molecule has 3 aromatic rings. The van der Waals surface area contributed by atoms with Gasteiger partial charge < -0.3 is 24.3 Å². The summed E-state index contributed by atoms with van der Waals surface area (Å²) in [5.74, 6) is -3.05. The Morgan fingerprint density at radius 1 is 0.921 bits per heavy atom. The van der Waals surface area contributed by atoms with Gasteiger partial charge in [-0.15, -0.1) is 0 Å². The molecule has 1 N–H and O–H groups in total. The lowest BCUT2D eigenvalue weighted by molar-refractivity contribution is 0.0514. The van der Waals surface area contributed by atoms with Crippen LogP contribution < -0.4 is 14.8 Å². The third-order valence-corrected chi connectivity index (χ3v) is 4.72. The highest BCUT2D eigenvalue weighted by molar-refractivity contribution is 5.90. The average Bonchev–Trinajstić information content (AvgIpc) is 2.84. The molecule has 1 amide bonds. The maximum atomic E-state index is 14.8. The van der Waals surface area contributed by atoms with E-state index in [-0.39, 0.29) is 35.8 Å². The predicted octanol–water partition coefficient (Wildman–Crippen LogP) is 6.62. The number of benzene rings is 3. The zero-order chi connectivity index (χ0) is 27.9. The maximum absolute atomic E-state index is 14.8. The first-order valence-corrected chi connectivity index (χ1v) is 11.6. The number of nitrogens with zero attached hydrogens (tertiary/aromatic N) is 1. The van der Waals surface area contributed by atoms with E-state index in [1.807, 2.05) is 6.07 Å². The van der Waals surface area contributed by atoms with E-state index in [1.165, 1.54) is 18.2 Å². The Balaban J connectivity index is 1.84. The summed E-state index contributed by atoms with van der Waals surface area (Å²) in [4.78, 5) is 24.2. The summed E-state index contributed by atoms with van der Waals surface area (Å²) in [6.45, 7) is 6.64. The quantitative estimate of drug-likeness (QED) is 0.330. The summed E-state index contributed by atoms with van der Waals surface area (Å²) in [5.41, 5.74) is -0.119. The van der Waals surface area contributed by atoms with Gasteiger partial charge in [0.05, 0.1) is 23.8 Å². The first-order valence-electron chi connectivity index (χ1n) is 11.6. The minimum Gasteiger partial charge on any atom is -0.462 e. The summed E-state index contributed by atoms with van der Waals surface area (Å²) in [7, 11) is 0. The van der Waals surface area contributed by atoms with Crippen molar-refractivity contribution in [3.8, 4) is 29.1 Å². The van der Waals surface area contributed by atoms with Crippen molar-refractivity contribution in [1.29, 1.82) is 5.26 Å². The van der Waals surface area contributed by atoms with Gasteiger partial charge in [-0.2, -0.15) is 5.26 Å². The SMILES string of the molecule is CCOC(=O)c1cc(Oc2ccc(C#N)cc2)cc(Oc2c(F)cc(CNC(=O)OC(C)(C)C)cc2F)c1. The molecule has 0 fully saturated rings. The number of hydrogen-bond acceptors (Lipinski definition) is 7. The van der Waals surface area contributed by atoms with Crippen molar-refractivity contribution in [2.24, 2.45) is 0 Å². The number of esters is 1. The summed E-state index contributed by atoms with van der Waals surface area (Å²) in [5, 5.41) is 11.4. The van der Waals surface area contributed by atoms with Gasteiger partial charge in [0.1, 0.15) is 22.8 Å². The molecule has 10 heteroatoms. The smallest absolute Gasteiger partial charge is 0.407 e. The van der Waals surface area contributed by atoms with E-state index in [4.69, 9.17) is 24.2 Å². The number of rotatable bonds is 8. The molecule has 0 saturated carbocycles. The van der Waals surface area contributed by atoms with Gasteiger partial charge in [0.25, 0.3) is 0 Å². The molecule has 0 bridgehead atoms. The molecule has 0 aliphatic heterocycles. The predicted molar refractivity (Wildman–Crippen MR) is 133 cm³/mol. The van der Waals surface area contributed by atoms with Gasteiger partial charge >= 0.3 is 12.1 Å². The summed E-state index contributed by atoms with van der Waals surface area (Å²) in [6, 6.07) is 14.2. The topological polar surface area (TPSA) is 107 Å². The molecule has 0 atom stereocenters. The van der Waals surface area contributed by atoms with Gasteiger partial charge in [-0.05, 0) is 81.8 Å². The van der Waals surface area contributed by atoms with Crippen molar-refractivity contribution in [3.05, 3.63) is 82.9 Å². The molecule has 3 rings (SSSR count). The monoisotopic (exact) mass is 524 g/mol. The number of carbonyl (C=O) groups excluding carboxylic acids is 2. The number of nitriles is 1. The highest BCUT2D eigenvalue weighted by Crippen LogP contribution is 2.33. The normalized spacial score (nSPS) is 10.8. The number of ether oxygens (including phenoxy) is 4. The van der Waals surface area contributed by atoms with Crippen molar-refractivity contribution in [2.45, 2.75) is 39.8 Å². The number of halogens is 2. The maximum Gasteiger partial charge on any atom is 0.407 e. The highest BCUT2D eigenvalue weighted by atomic mass is 19.1. The van der Waals surface area contributed by atoms with Crippen LogP contribution in [0.4, 0.5) is 13.6 Å². The van der Waals surface area contributed by atoms with Crippen LogP contribution in [-0.2, 0) is 16.0 Å². The Bertz CT molecular complexity index is 1340. The van der Waals surface area contributed by atoms with Gasteiger partial charge in [-0.1, -0.05) is 0 Å². The first-order chi connectivity index (χ1) is 18.0. The van der Waals surface area contributed by atoms with Crippen molar-refractivity contribution >= 4 is 12.1 Å². The molecule has 0 heterocycles. The van der Waals surface area contributed by atoms with Crippen LogP contribution in [0.3, 0.4) is 0 Å². The standard InChI is InChI=1S/C28H26F2N2O6/c1-5-35-26(33)19-12-21(36-20-8-6-17(15-31)7-9-20)14-22(13-19)37-25-23(29)10-18(11-24(25)30)16-32-27(34)38-28(2,3)4/h6-14H,5,16H2,1-4H3,(H,32,34). The summed E-state index contributed by atoms with van der Waals surface area (Å²) in [6.07, 6.45) is -0.732. The lowest BCUT2D eigenvalue weighted by Gasteiger charge is -2.19. The largest absolute Gasteiger partial charge is 0.462 e. The molecule has 0 spiro atoms. The number of carbonyl (C=O) groups is 2. The lowest BCUT2D eigenvalue weighted by Crippen LogP contribution is -2.32. The van der Waals surface area contributed by atoms with Crippen molar-refractivity contribution in [1.82, 2.24) is 5.32 Å². The van der Waals surface area contributed by atoms with Crippen LogP contribution in [0.25, 0.3) is 0 Å². The molecule has 0 unspecified atom stereocenters. The molecule has 0 aliphatic rings. The van der Waals surface area contributed by atoms with Gasteiger partial charge in [0.15, 0.2) is 17.4 Å². The van der Waals surface area contributed by atoms with E-state index in [0.29, 0.717) is 11.3 Å².